The first-order valence-corrected chi connectivity index (χ1v) is 6.76. The van der Waals surface area contributed by atoms with Crippen LogP contribution in [0.15, 0.2) is 40.8 Å². The summed E-state index contributed by atoms with van der Waals surface area (Å²) in [4.78, 5) is 24.5. The molecule has 0 bridgehead atoms. The van der Waals surface area contributed by atoms with Gasteiger partial charge in [-0.1, -0.05) is 6.07 Å². The minimum atomic E-state index is -0.463. The second kappa shape index (κ2) is 4.93. The molecule has 102 valence electrons. The maximum Gasteiger partial charge on any atom is 0.325 e. The lowest BCUT2D eigenvalue weighted by Crippen LogP contribution is -2.25. The highest BCUT2D eigenvalue weighted by atomic mass is 32.1. The zero-order valence-corrected chi connectivity index (χ0v) is 11.5. The summed E-state index contributed by atoms with van der Waals surface area (Å²) in [7, 11) is 1.29. The molecule has 20 heavy (non-hydrogen) atoms. The van der Waals surface area contributed by atoms with E-state index in [-0.39, 0.29) is 12.1 Å². The number of rotatable bonds is 3. The van der Waals surface area contributed by atoms with Gasteiger partial charge in [-0.05, 0) is 17.5 Å². The number of nitrogens with zero attached hydrogens (tertiary/aromatic N) is 3. The van der Waals surface area contributed by atoms with Crippen molar-refractivity contribution in [2.24, 2.45) is 0 Å². The van der Waals surface area contributed by atoms with Gasteiger partial charge in [0.25, 0.3) is 5.56 Å². The van der Waals surface area contributed by atoms with E-state index in [1.54, 1.807) is 23.6 Å². The summed E-state index contributed by atoms with van der Waals surface area (Å²) in [5, 5.41) is 6.31. The Hall–Kier alpha value is -2.41. The number of esters is 1. The smallest absolute Gasteiger partial charge is 0.325 e. The summed E-state index contributed by atoms with van der Waals surface area (Å²) < 4.78 is 7.39. The lowest BCUT2D eigenvalue weighted by molar-refractivity contribution is -0.141. The van der Waals surface area contributed by atoms with Crippen molar-refractivity contribution < 1.29 is 9.53 Å². The van der Waals surface area contributed by atoms with Gasteiger partial charge < -0.3 is 9.30 Å². The normalized spacial score (nSPS) is 10.8. The molecule has 0 amide bonds. The second-order valence-corrected chi connectivity index (χ2v) is 5.09. The zero-order valence-electron chi connectivity index (χ0n) is 10.6. The first-order chi connectivity index (χ1) is 9.69. The van der Waals surface area contributed by atoms with Gasteiger partial charge in [-0.2, -0.15) is 5.10 Å². The highest BCUT2D eigenvalue weighted by molar-refractivity contribution is 7.13. The van der Waals surface area contributed by atoms with Crippen molar-refractivity contribution in [1.29, 1.82) is 0 Å². The van der Waals surface area contributed by atoms with E-state index < -0.39 is 5.97 Å². The number of carbonyl (C=O) groups is 1. The molecule has 0 aliphatic carbocycles. The van der Waals surface area contributed by atoms with Gasteiger partial charge in [-0.15, -0.1) is 11.3 Å². The molecule has 0 N–H and O–H groups in total. The molecule has 0 aliphatic heterocycles. The molecule has 3 aromatic heterocycles. The third kappa shape index (κ3) is 2.12. The van der Waals surface area contributed by atoms with Gasteiger partial charge in [0.1, 0.15) is 17.8 Å². The molecular weight excluding hydrogens is 278 g/mol. The van der Waals surface area contributed by atoms with Gasteiger partial charge in [-0.25, -0.2) is 4.52 Å². The van der Waals surface area contributed by atoms with Crippen LogP contribution in [-0.2, 0) is 16.1 Å². The van der Waals surface area contributed by atoms with Crippen molar-refractivity contribution >= 4 is 22.8 Å². The Bertz CT molecular complexity index is 817. The van der Waals surface area contributed by atoms with Gasteiger partial charge in [0.05, 0.1) is 12.0 Å². The Balaban J connectivity index is 2.09. The van der Waals surface area contributed by atoms with E-state index in [1.807, 2.05) is 17.5 Å². The fourth-order valence-electron chi connectivity index (χ4n) is 1.90. The number of hydrogen-bond donors (Lipinski definition) is 0. The molecular formula is C13H11N3O3S. The van der Waals surface area contributed by atoms with Crippen LogP contribution in [0.4, 0.5) is 0 Å². The summed E-state index contributed by atoms with van der Waals surface area (Å²) in [6.45, 7) is -0.106. The number of fused-ring (bicyclic) bond motifs is 1. The SMILES string of the molecule is COC(=O)Cn1ccn2nc(-c3cccs3)cc2c1=O. The van der Waals surface area contributed by atoms with E-state index in [0.717, 1.165) is 10.6 Å². The Morgan fingerprint density at radius 1 is 1.45 bits per heavy atom. The monoisotopic (exact) mass is 289 g/mol. The predicted molar refractivity (Wildman–Crippen MR) is 74.8 cm³/mol. The topological polar surface area (TPSA) is 65.6 Å². The minimum Gasteiger partial charge on any atom is -0.468 e. The predicted octanol–water partition coefficient (Wildman–Crippen LogP) is 1.40. The molecule has 0 aliphatic rings. The van der Waals surface area contributed by atoms with Crippen LogP contribution in [0, 0.1) is 0 Å². The van der Waals surface area contributed by atoms with Crippen molar-refractivity contribution in [1.82, 2.24) is 14.2 Å². The van der Waals surface area contributed by atoms with Crippen LogP contribution in [0.3, 0.4) is 0 Å². The van der Waals surface area contributed by atoms with Crippen LogP contribution in [-0.4, -0.2) is 27.3 Å². The molecule has 0 saturated heterocycles. The molecule has 0 fully saturated rings. The minimum absolute atomic E-state index is 0.106. The van der Waals surface area contributed by atoms with E-state index in [2.05, 4.69) is 9.84 Å². The molecule has 0 spiro atoms. The molecule has 0 radical (unpaired) electrons. The third-order valence-corrected chi connectivity index (χ3v) is 3.80. The van der Waals surface area contributed by atoms with E-state index >= 15 is 0 Å². The van der Waals surface area contributed by atoms with Crippen molar-refractivity contribution in [3.63, 3.8) is 0 Å². The third-order valence-electron chi connectivity index (χ3n) is 2.90. The number of carbonyl (C=O) groups excluding carboxylic acids is 1. The van der Waals surface area contributed by atoms with Crippen molar-refractivity contribution in [3.8, 4) is 10.6 Å². The van der Waals surface area contributed by atoms with Gasteiger partial charge in [0.2, 0.25) is 0 Å². The van der Waals surface area contributed by atoms with Gasteiger partial charge in [0.15, 0.2) is 0 Å². The number of hydrogen-bond acceptors (Lipinski definition) is 5. The average molecular weight is 289 g/mol. The van der Waals surface area contributed by atoms with Crippen LogP contribution >= 0.6 is 11.3 Å². The Labute approximate surface area is 117 Å². The number of methoxy groups -OCH3 is 1. The van der Waals surface area contributed by atoms with E-state index in [0.29, 0.717) is 5.52 Å². The van der Waals surface area contributed by atoms with Crippen molar-refractivity contribution in [2.75, 3.05) is 7.11 Å². The molecule has 3 aromatic rings. The summed E-state index contributed by atoms with van der Waals surface area (Å²) >= 11 is 1.56. The van der Waals surface area contributed by atoms with E-state index in [4.69, 9.17) is 0 Å². The first-order valence-electron chi connectivity index (χ1n) is 5.88. The van der Waals surface area contributed by atoms with Crippen LogP contribution < -0.4 is 5.56 Å². The average Bonchev–Trinajstić information content (AvgIpc) is 3.09. The summed E-state index contributed by atoms with van der Waals surface area (Å²) in [6.07, 6.45) is 3.17. The number of aromatic nitrogens is 3. The second-order valence-electron chi connectivity index (χ2n) is 4.14. The lowest BCUT2D eigenvalue weighted by Gasteiger charge is -2.03. The van der Waals surface area contributed by atoms with Crippen molar-refractivity contribution in [2.45, 2.75) is 6.54 Å². The largest absolute Gasteiger partial charge is 0.468 e. The molecule has 7 heteroatoms. The van der Waals surface area contributed by atoms with Crippen LogP contribution in [0.1, 0.15) is 0 Å². The standard InChI is InChI=1S/C13H11N3O3S/c1-19-12(17)8-15-4-5-16-10(13(15)18)7-9(14-16)11-3-2-6-20-11/h2-7H,8H2,1H3. The van der Waals surface area contributed by atoms with Crippen LogP contribution in [0.2, 0.25) is 0 Å². The van der Waals surface area contributed by atoms with Crippen LogP contribution in [0.25, 0.3) is 16.1 Å². The van der Waals surface area contributed by atoms with E-state index in [9.17, 15) is 9.59 Å². The summed E-state index contributed by atoms with van der Waals surface area (Å²) in [5.74, 6) is -0.463. The lowest BCUT2D eigenvalue weighted by atomic mass is 10.3. The van der Waals surface area contributed by atoms with Gasteiger partial charge in [0, 0.05) is 12.4 Å². The fraction of sp³-hybridized carbons (Fsp3) is 0.154. The van der Waals surface area contributed by atoms with Gasteiger partial charge >= 0.3 is 5.97 Å². The number of ether oxygens (including phenoxy) is 1. The Kier molecular flexibility index (Phi) is 3.11. The summed E-state index contributed by atoms with van der Waals surface area (Å²) in [6, 6.07) is 5.60. The van der Waals surface area contributed by atoms with Crippen LogP contribution in [0.5, 0.6) is 0 Å². The summed E-state index contributed by atoms with van der Waals surface area (Å²) in [5.41, 5.74) is 0.904. The highest BCUT2D eigenvalue weighted by Gasteiger charge is 2.11. The first kappa shape index (κ1) is 12.6. The molecule has 3 heterocycles. The molecule has 0 unspecified atom stereocenters. The molecule has 0 atom stereocenters. The Morgan fingerprint density at radius 2 is 2.30 bits per heavy atom. The zero-order chi connectivity index (χ0) is 14.1. The maximum atomic E-state index is 12.3. The van der Waals surface area contributed by atoms with Crippen molar-refractivity contribution in [3.05, 3.63) is 46.3 Å². The van der Waals surface area contributed by atoms with E-state index in [1.165, 1.54) is 22.4 Å². The van der Waals surface area contributed by atoms with Gasteiger partial charge in [-0.3, -0.25) is 9.59 Å². The fourth-order valence-corrected chi connectivity index (χ4v) is 2.58. The molecule has 0 saturated carbocycles. The highest BCUT2D eigenvalue weighted by Crippen LogP contribution is 2.23. The molecule has 0 aromatic carbocycles. The molecule has 3 rings (SSSR count). The quantitative estimate of drug-likeness (QED) is 0.684. The number of thiophene rings is 1. The maximum absolute atomic E-state index is 12.3. The Morgan fingerprint density at radius 3 is 3.00 bits per heavy atom. The molecule has 6 nitrogen and oxygen atoms in total.